The zero-order valence-corrected chi connectivity index (χ0v) is 10.1. The van der Waals surface area contributed by atoms with Crippen molar-refractivity contribution in [2.45, 2.75) is 20.3 Å². The molecule has 1 heterocycles. The number of rotatable bonds is 2. The van der Waals surface area contributed by atoms with E-state index in [1.165, 1.54) is 22.3 Å². The largest absolute Gasteiger partial charge is 0.129 e. The van der Waals surface area contributed by atoms with E-state index in [0.717, 1.165) is 12.2 Å². The summed E-state index contributed by atoms with van der Waals surface area (Å²) in [4.78, 5) is 0. The normalized spacial score (nSPS) is 15.9. The molecular formula is C14H16S. The van der Waals surface area contributed by atoms with E-state index >= 15 is 0 Å². The Hall–Kier alpha value is -0.950. The van der Waals surface area contributed by atoms with Crippen molar-refractivity contribution in [3.05, 3.63) is 52.4 Å². The Labute approximate surface area is 96.1 Å². The van der Waals surface area contributed by atoms with E-state index in [2.05, 4.69) is 49.6 Å². The molecular weight excluding hydrogens is 200 g/mol. The Morgan fingerprint density at radius 2 is 1.93 bits per heavy atom. The van der Waals surface area contributed by atoms with Gasteiger partial charge in [0.15, 0.2) is 0 Å². The number of benzene rings is 1. The predicted octanol–water partition coefficient (Wildman–Crippen LogP) is 4.28. The highest BCUT2D eigenvalue weighted by atomic mass is 32.2. The Morgan fingerprint density at radius 3 is 2.53 bits per heavy atom. The number of allylic oxidation sites excluding steroid dienone is 2. The van der Waals surface area contributed by atoms with Crippen molar-refractivity contribution in [3.8, 4) is 0 Å². The van der Waals surface area contributed by atoms with E-state index in [0.29, 0.717) is 0 Å². The Morgan fingerprint density at radius 1 is 1.20 bits per heavy atom. The SMILES string of the molecule is CCc1ccc(C2=CC(C)=CSC2)cc1. The van der Waals surface area contributed by atoms with Crippen LogP contribution in [0.5, 0.6) is 0 Å². The molecule has 0 radical (unpaired) electrons. The van der Waals surface area contributed by atoms with Crippen LogP contribution in [0.4, 0.5) is 0 Å². The maximum Gasteiger partial charge on any atom is 0.0232 e. The van der Waals surface area contributed by atoms with Crippen LogP contribution in [0.2, 0.25) is 0 Å². The van der Waals surface area contributed by atoms with Gasteiger partial charge in [-0.15, -0.1) is 11.8 Å². The zero-order valence-electron chi connectivity index (χ0n) is 9.29. The van der Waals surface area contributed by atoms with Gasteiger partial charge in [0.2, 0.25) is 0 Å². The van der Waals surface area contributed by atoms with Crippen molar-refractivity contribution < 1.29 is 0 Å². The van der Waals surface area contributed by atoms with Crippen LogP contribution in [-0.2, 0) is 6.42 Å². The van der Waals surface area contributed by atoms with Gasteiger partial charge in [-0.05, 0) is 41.0 Å². The number of aryl methyl sites for hydroxylation is 1. The molecule has 0 N–H and O–H groups in total. The quantitative estimate of drug-likeness (QED) is 0.711. The number of thioether (sulfide) groups is 1. The lowest BCUT2D eigenvalue weighted by Gasteiger charge is -2.11. The molecule has 78 valence electrons. The summed E-state index contributed by atoms with van der Waals surface area (Å²) in [6.45, 7) is 4.35. The summed E-state index contributed by atoms with van der Waals surface area (Å²) in [7, 11) is 0. The molecule has 0 nitrogen and oxygen atoms in total. The number of hydrogen-bond donors (Lipinski definition) is 0. The molecule has 0 fully saturated rings. The Bertz CT molecular complexity index is 396. The topological polar surface area (TPSA) is 0 Å². The maximum absolute atomic E-state index is 2.29. The highest BCUT2D eigenvalue weighted by Crippen LogP contribution is 2.27. The van der Waals surface area contributed by atoms with Crippen LogP contribution in [0.3, 0.4) is 0 Å². The molecule has 0 unspecified atom stereocenters. The van der Waals surface area contributed by atoms with Crippen LogP contribution in [0, 0.1) is 0 Å². The molecule has 0 aromatic heterocycles. The van der Waals surface area contributed by atoms with Crippen LogP contribution < -0.4 is 0 Å². The van der Waals surface area contributed by atoms with Gasteiger partial charge in [-0.3, -0.25) is 0 Å². The van der Waals surface area contributed by atoms with Gasteiger partial charge in [-0.25, -0.2) is 0 Å². The van der Waals surface area contributed by atoms with E-state index < -0.39 is 0 Å². The molecule has 1 aromatic rings. The van der Waals surface area contributed by atoms with Gasteiger partial charge in [0.25, 0.3) is 0 Å². The summed E-state index contributed by atoms with van der Waals surface area (Å²) in [6, 6.07) is 8.94. The standard InChI is InChI=1S/C14H16S/c1-3-12-4-6-13(7-5-12)14-8-11(2)9-15-10-14/h4-9H,3,10H2,1-2H3. The van der Waals surface area contributed by atoms with Crippen molar-refractivity contribution in [2.24, 2.45) is 0 Å². The summed E-state index contributed by atoms with van der Waals surface area (Å²) in [5.74, 6) is 1.10. The predicted molar refractivity (Wildman–Crippen MR) is 70.0 cm³/mol. The highest BCUT2D eigenvalue weighted by Gasteiger charge is 2.05. The average Bonchev–Trinajstić information content (AvgIpc) is 2.29. The first-order valence-electron chi connectivity index (χ1n) is 5.38. The van der Waals surface area contributed by atoms with Gasteiger partial charge < -0.3 is 0 Å². The molecule has 15 heavy (non-hydrogen) atoms. The Balaban J connectivity index is 2.26. The van der Waals surface area contributed by atoms with Crippen molar-refractivity contribution in [3.63, 3.8) is 0 Å². The van der Waals surface area contributed by atoms with Crippen LogP contribution >= 0.6 is 11.8 Å². The van der Waals surface area contributed by atoms with E-state index in [-0.39, 0.29) is 0 Å². The van der Waals surface area contributed by atoms with Crippen molar-refractivity contribution >= 4 is 17.3 Å². The lowest BCUT2D eigenvalue weighted by atomic mass is 10.0. The third-order valence-electron chi connectivity index (χ3n) is 2.64. The first kappa shape index (κ1) is 10.6. The minimum Gasteiger partial charge on any atom is -0.129 e. The molecule has 0 saturated carbocycles. The van der Waals surface area contributed by atoms with Crippen LogP contribution in [0.15, 0.2) is 41.3 Å². The molecule has 0 saturated heterocycles. The average molecular weight is 216 g/mol. The van der Waals surface area contributed by atoms with Crippen LogP contribution in [-0.4, -0.2) is 5.75 Å². The van der Waals surface area contributed by atoms with E-state index in [1.807, 2.05) is 11.8 Å². The molecule has 1 aliphatic rings. The molecule has 0 bridgehead atoms. The van der Waals surface area contributed by atoms with Crippen LogP contribution in [0.25, 0.3) is 5.57 Å². The molecule has 0 aliphatic carbocycles. The molecule has 2 rings (SSSR count). The molecule has 1 aliphatic heterocycles. The molecule has 0 amide bonds. The van der Waals surface area contributed by atoms with E-state index in [9.17, 15) is 0 Å². The van der Waals surface area contributed by atoms with Gasteiger partial charge in [0.05, 0.1) is 0 Å². The lowest BCUT2D eigenvalue weighted by Crippen LogP contribution is -1.92. The van der Waals surface area contributed by atoms with Crippen LogP contribution in [0.1, 0.15) is 25.0 Å². The smallest absolute Gasteiger partial charge is 0.0232 e. The van der Waals surface area contributed by atoms with E-state index in [4.69, 9.17) is 0 Å². The highest BCUT2D eigenvalue weighted by molar-refractivity contribution is 8.02. The second kappa shape index (κ2) is 4.71. The lowest BCUT2D eigenvalue weighted by molar-refractivity contribution is 1.14. The first-order valence-corrected chi connectivity index (χ1v) is 6.42. The van der Waals surface area contributed by atoms with Crippen molar-refractivity contribution in [1.82, 2.24) is 0 Å². The monoisotopic (exact) mass is 216 g/mol. The summed E-state index contributed by atoms with van der Waals surface area (Å²) >= 11 is 1.89. The van der Waals surface area contributed by atoms with Gasteiger partial charge >= 0.3 is 0 Å². The second-order valence-electron chi connectivity index (χ2n) is 3.89. The first-order chi connectivity index (χ1) is 7.29. The molecule has 1 heteroatoms. The summed E-state index contributed by atoms with van der Waals surface area (Å²) in [5, 5.41) is 2.23. The summed E-state index contributed by atoms with van der Waals surface area (Å²) in [6.07, 6.45) is 3.41. The third-order valence-corrected chi connectivity index (χ3v) is 3.66. The number of hydrogen-bond acceptors (Lipinski definition) is 1. The minimum atomic E-state index is 1.10. The molecule has 0 atom stereocenters. The minimum absolute atomic E-state index is 1.10. The van der Waals surface area contributed by atoms with Crippen molar-refractivity contribution in [2.75, 3.05) is 5.75 Å². The Kier molecular flexibility index (Phi) is 3.32. The fraction of sp³-hybridized carbons (Fsp3) is 0.286. The van der Waals surface area contributed by atoms with Gasteiger partial charge in [-0.2, -0.15) is 0 Å². The van der Waals surface area contributed by atoms with Gasteiger partial charge in [0.1, 0.15) is 0 Å². The summed E-state index contributed by atoms with van der Waals surface area (Å²) in [5.41, 5.74) is 5.59. The van der Waals surface area contributed by atoms with E-state index in [1.54, 1.807) is 0 Å². The van der Waals surface area contributed by atoms with Gasteiger partial charge in [-0.1, -0.05) is 37.3 Å². The maximum atomic E-state index is 2.29. The molecule has 0 spiro atoms. The fourth-order valence-electron chi connectivity index (χ4n) is 1.73. The summed E-state index contributed by atoms with van der Waals surface area (Å²) < 4.78 is 0. The zero-order chi connectivity index (χ0) is 10.7. The van der Waals surface area contributed by atoms with Crippen molar-refractivity contribution in [1.29, 1.82) is 0 Å². The molecule has 1 aromatic carbocycles. The second-order valence-corrected chi connectivity index (χ2v) is 4.75. The third kappa shape index (κ3) is 2.54. The van der Waals surface area contributed by atoms with Gasteiger partial charge in [0, 0.05) is 5.75 Å². The fourth-order valence-corrected chi connectivity index (χ4v) is 2.58.